The Morgan fingerprint density at radius 1 is 0.917 bits per heavy atom. The first-order chi connectivity index (χ1) is 11.8. The van der Waals surface area contributed by atoms with Crippen molar-refractivity contribution in [2.45, 2.75) is 26.4 Å². The van der Waals surface area contributed by atoms with Crippen LogP contribution in [0, 0.1) is 0 Å². The molecule has 2 heterocycles. The van der Waals surface area contributed by atoms with E-state index in [2.05, 4.69) is 61.0 Å². The van der Waals surface area contributed by atoms with Crippen molar-refractivity contribution in [2.24, 2.45) is 0 Å². The highest BCUT2D eigenvalue weighted by atomic mass is 15.2. The molecule has 2 unspecified atom stereocenters. The van der Waals surface area contributed by atoms with Crippen molar-refractivity contribution in [3.05, 3.63) is 48.0 Å². The van der Waals surface area contributed by atoms with Crippen LogP contribution in [-0.2, 0) is 13.1 Å². The molecule has 0 spiro atoms. The minimum absolute atomic E-state index is 1.02. The lowest BCUT2D eigenvalue weighted by atomic mass is 10.1. The van der Waals surface area contributed by atoms with Gasteiger partial charge in [-0.3, -0.25) is 0 Å². The smallest absolute Gasteiger partial charge is 0.127 e. The van der Waals surface area contributed by atoms with Gasteiger partial charge in [0, 0.05) is 40.3 Å². The van der Waals surface area contributed by atoms with Gasteiger partial charge in [0.05, 0.1) is 20.1 Å². The highest BCUT2D eigenvalue weighted by Gasteiger charge is 2.18. The molecule has 1 aliphatic heterocycles. The highest BCUT2D eigenvalue weighted by molar-refractivity contribution is 6.08. The van der Waals surface area contributed by atoms with Crippen molar-refractivity contribution >= 4 is 21.8 Å². The van der Waals surface area contributed by atoms with Gasteiger partial charge < -0.3 is 14.4 Å². The molecule has 0 aliphatic carbocycles. The summed E-state index contributed by atoms with van der Waals surface area (Å²) >= 11 is 0. The van der Waals surface area contributed by atoms with Gasteiger partial charge in [0.1, 0.15) is 19.6 Å². The summed E-state index contributed by atoms with van der Waals surface area (Å²) in [5.41, 5.74) is 4.22. The van der Waals surface area contributed by atoms with Crippen molar-refractivity contribution in [1.29, 1.82) is 0 Å². The van der Waals surface area contributed by atoms with E-state index in [1.165, 1.54) is 60.0 Å². The van der Waals surface area contributed by atoms with Crippen LogP contribution in [0.3, 0.4) is 0 Å². The van der Waals surface area contributed by atoms with E-state index in [1.54, 1.807) is 9.80 Å². The predicted molar refractivity (Wildman–Crippen MR) is 101 cm³/mol. The van der Waals surface area contributed by atoms with Crippen LogP contribution in [0.25, 0.3) is 21.8 Å². The quantitative estimate of drug-likeness (QED) is 0.717. The van der Waals surface area contributed by atoms with Crippen LogP contribution in [0.4, 0.5) is 0 Å². The van der Waals surface area contributed by atoms with Crippen LogP contribution in [0.1, 0.15) is 18.9 Å². The number of nitrogens with zero attached hydrogens (tertiary/aromatic N) is 1. The number of hydrogen-bond acceptors (Lipinski definition) is 0. The van der Waals surface area contributed by atoms with Crippen LogP contribution in [0.5, 0.6) is 0 Å². The van der Waals surface area contributed by atoms with Crippen LogP contribution in [0.2, 0.25) is 0 Å². The highest BCUT2D eigenvalue weighted by Crippen LogP contribution is 2.29. The van der Waals surface area contributed by atoms with Gasteiger partial charge in [-0.25, -0.2) is 0 Å². The van der Waals surface area contributed by atoms with Crippen LogP contribution < -0.4 is 9.80 Å². The maximum absolute atomic E-state index is 2.44. The minimum atomic E-state index is 1.02. The van der Waals surface area contributed by atoms with Crippen molar-refractivity contribution < 1.29 is 9.80 Å². The Hall–Kier alpha value is -1.84. The lowest BCUT2D eigenvalue weighted by molar-refractivity contribution is -0.938. The number of aryl methyl sites for hydroxylation is 1. The number of fused-ring (bicyclic) bond motifs is 3. The van der Waals surface area contributed by atoms with Crippen LogP contribution >= 0.6 is 0 Å². The van der Waals surface area contributed by atoms with Crippen molar-refractivity contribution in [2.75, 3.05) is 33.2 Å². The monoisotopic (exact) mass is 323 g/mol. The minimum Gasteiger partial charge on any atom is -0.341 e. The molecule has 0 amide bonds. The Bertz CT molecular complexity index is 849. The molecule has 1 saturated heterocycles. The van der Waals surface area contributed by atoms with Crippen LogP contribution in [0.15, 0.2) is 42.5 Å². The summed E-state index contributed by atoms with van der Waals surface area (Å²) in [4.78, 5) is 3.43. The molecule has 0 saturated carbocycles. The molecule has 1 fully saturated rings. The number of quaternary nitrogens is 2. The molecule has 1 aromatic heterocycles. The zero-order valence-electron chi connectivity index (χ0n) is 14.9. The number of hydrogen-bond donors (Lipinski definition) is 2. The normalized spacial score (nSPS) is 22.1. The van der Waals surface area contributed by atoms with Crippen molar-refractivity contribution in [3.63, 3.8) is 0 Å². The first-order valence-corrected chi connectivity index (χ1v) is 9.41. The molecule has 3 nitrogen and oxygen atoms in total. The van der Waals surface area contributed by atoms with Crippen LogP contribution in [-0.4, -0.2) is 37.8 Å². The topological polar surface area (TPSA) is 13.8 Å². The van der Waals surface area contributed by atoms with Crippen molar-refractivity contribution in [1.82, 2.24) is 4.57 Å². The number of rotatable bonds is 3. The Morgan fingerprint density at radius 2 is 1.75 bits per heavy atom. The standard InChI is InChI=1S/C21H27N3/c1-3-24-20-8-5-4-7-18(20)19-15-17(9-10-21(19)24)16-23-12-6-11-22(2)13-14-23/h4-5,7-10,15H,3,6,11-14,16H2,1-2H3/p+2. The van der Waals surface area contributed by atoms with Crippen molar-refractivity contribution in [3.8, 4) is 0 Å². The summed E-state index contributed by atoms with van der Waals surface area (Å²) in [7, 11) is 2.33. The third-order valence-corrected chi connectivity index (χ3v) is 5.65. The SMILES string of the molecule is CCn1c2ccccc2c2cc(C[NH+]3CCC[NH+](C)CC3)ccc21. The molecular weight excluding hydrogens is 294 g/mol. The molecule has 2 N–H and O–H groups in total. The van der Waals surface area contributed by atoms with Gasteiger partial charge in [0.25, 0.3) is 0 Å². The molecular formula is C21H29N3+2. The van der Waals surface area contributed by atoms with Gasteiger partial charge in [0.15, 0.2) is 0 Å². The lowest BCUT2D eigenvalue weighted by Gasteiger charge is -2.16. The molecule has 126 valence electrons. The second-order valence-electron chi connectivity index (χ2n) is 7.35. The van der Waals surface area contributed by atoms with Gasteiger partial charge >= 0.3 is 0 Å². The van der Waals surface area contributed by atoms with Gasteiger partial charge in [-0.15, -0.1) is 0 Å². The lowest BCUT2D eigenvalue weighted by Crippen LogP contribution is -3.15. The fourth-order valence-corrected chi connectivity index (χ4v) is 4.30. The van der Waals surface area contributed by atoms with E-state index in [1.807, 2.05) is 0 Å². The van der Waals surface area contributed by atoms with E-state index < -0.39 is 0 Å². The molecule has 2 aromatic carbocycles. The van der Waals surface area contributed by atoms with E-state index in [0.717, 1.165) is 13.1 Å². The third-order valence-electron chi connectivity index (χ3n) is 5.65. The fraction of sp³-hybridized carbons (Fsp3) is 0.429. The molecule has 3 aromatic rings. The number of para-hydroxylation sites is 1. The fourth-order valence-electron chi connectivity index (χ4n) is 4.30. The van der Waals surface area contributed by atoms with Gasteiger partial charge in [0.2, 0.25) is 0 Å². The molecule has 3 heteroatoms. The second kappa shape index (κ2) is 6.58. The summed E-state index contributed by atoms with van der Waals surface area (Å²) in [6.07, 6.45) is 1.35. The van der Waals surface area contributed by atoms with E-state index in [4.69, 9.17) is 0 Å². The summed E-state index contributed by atoms with van der Waals surface area (Å²) in [6, 6.07) is 16.0. The summed E-state index contributed by atoms with van der Waals surface area (Å²) in [5.74, 6) is 0. The molecule has 1 aliphatic rings. The Balaban J connectivity index is 1.69. The first-order valence-electron chi connectivity index (χ1n) is 9.41. The summed E-state index contributed by atoms with van der Waals surface area (Å²) < 4.78 is 2.44. The van der Waals surface area contributed by atoms with Gasteiger partial charge in [-0.05, 0) is 25.1 Å². The zero-order chi connectivity index (χ0) is 16.5. The Morgan fingerprint density at radius 3 is 2.62 bits per heavy atom. The number of nitrogens with one attached hydrogen (secondary N) is 2. The molecule has 0 radical (unpaired) electrons. The van der Waals surface area contributed by atoms with E-state index in [-0.39, 0.29) is 0 Å². The maximum Gasteiger partial charge on any atom is 0.127 e. The average Bonchev–Trinajstić information content (AvgIpc) is 2.77. The number of benzene rings is 2. The summed E-state index contributed by atoms with van der Waals surface area (Å²) in [6.45, 7) is 9.65. The molecule has 4 rings (SSSR count). The molecule has 0 bridgehead atoms. The largest absolute Gasteiger partial charge is 0.341 e. The zero-order valence-corrected chi connectivity index (χ0v) is 14.9. The maximum atomic E-state index is 2.44. The summed E-state index contributed by atoms with van der Waals surface area (Å²) in [5, 5.41) is 2.81. The van der Waals surface area contributed by atoms with E-state index >= 15 is 0 Å². The predicted octanol–water partition coefficient (Wildman–Crippen LogP) is 1.12. The third kappa shape index (κ3) is 2.83. The van der Waals surface area contributed by atoms with E-state index in [0.29, 0.717) is 0 Å². The Kier molecular flexibility index (Phi) is 4.30. The van der Waals surface area contributed by atoms with Gasteiger partial charge in [-0.2, -0.15) is 0 Å². The molecule has 24 heavy (non-hydrogen) atoms. The molecule has 2 atom stereocenters. The van der Waals surface area contributed by atoms with Gasteiger partial charge in [-0.1, -0.05) is 24.3 Å². The van der Waals surface area contributed by atoms with E-state index in [9.17, 15) is 0 Å². The second-order valence-corrected chi connectivity index (χ2v) is 7.35. The number of likely N-dealkylation sites (N-methyl/N-ethyl adjacent to an activating group) is 1. The Labute approximate surface area is 144 Å². The average molecular weight is 323 g/mol. The first kappa shape index (κ1) is 15.7. The number of aromatic nitrogens is 1.